The van der Waals surface area contributed by atoms with Gasteiger partial charge in [0.2, 0.25) is 11.7 Å². The van der Waals surface area contributed by atoms with Gasteiger partial charge in [0.05, 0.1) is 18.1 Å². The van der Waals surface area contributed by atoms with Gasteiger partial charge in [0.15, 0.2) is 5.76 Å². The number of piperidine rings is 1. The number of amides is 1. The van der Waals surface area contributed by atoms with E-state index >= 15 is 0 Å². The van der Waals surface area contributed by atoms with Crippen LogP contribution < -0.4 is 5.32 Å². The third-order valence-electron chi connectivity index (χ3n) is 12.1. The molecule has 2 fully saturated rings. The molecule has 2 aliphatic heterocycles. The zero-order valence-corrected chi connectivity index (χ0v) is 31.5. The van der Waals surface area contributed by atoms with Gasteiger partial charge in [-0.3, -0.25) is 24.1 Å². The first kappa shape index (κ1) is 37.7. The van der Waals surface area contributed by atoms with Crippen LogP contribution in [0.25, 0.3) is 0 Å². The first-order valence-corrected chi connectivity index (χ1v) is 18.7. The van der Waals surface area contributed by atoms with Gasteiger partial charge in [0.1, 0.15) is 29.8 Å². The number of likely N-dealkylation sites (tertiary alicyclic amines) is 1. The molecule has 1 aromatic carbocycles. The van der Waals surface area contributed by atoms with Gasteiger partial charge in [-0.2, -0.15) is 0 Å². The van der Waals surface area contributed by atoms with E-state index < -0.39 is 35.0 Å². The molecule has 0 unspecified atom stereocenters. The zero-order valence-electron chi connectivity index (χ0n) is 31.5. The maximum atomic E-state index is 13.7. The Morgan fingerprint density at radius 1 is 1.08 bits per heavy atom. The van der Waals surface area contributed by atoms with Gasteiger partial charge in [-0.1, -0.05) is 44.9 Å². The SMILES string of the molecule is CCCCN1CCCC[C@H]1C(=O)Nc1c(C)cccc1C.COC[C@H]1OC(=O)c2coc3c2[C@@]1(C)C1=C(C3=O)[C@@H]2CCC(=O)[C@@]2(C)C[C@H]1OC(C)=O. The number of rotatable bonds is 8. The van der Waals surface area contributed by atoms with Crippen LogP contribution in [0.15, 0.2) is 40.0 Å². The summed E-state index contributed by atoms with van der Waals surface area (Å²) >= 11 is 0. The van der Waals surface area contributed by atoms with E-state index in [1.807, 2.05) is 19.9 Å². The number of carbonyl (C=O) groups is 5. The smallest absolute Gasteiger partial charge is 0.342 e. The quantitative estimate of drug-likeness (QED) is 0.304. The van der Waals surface area contributed by atoms with Crippen LogP contribution in [0.2, 0.25) is 0 Å². The topological polar surface area (TPSA) is 141 Å². The maximum absolute atomic E-state index is 13.7. The normalized spacial score (nSPS) is 29.3. The van der Waals surface area contributed by atoms with E-state index in [1.165, 1.54) is 39.6 Å². The van der Waals surface area contributed by atoms with Crippen molar-refractivity contribution in [1.82, 2.24) is 4.90 Å². The number of Topliss-reactive ketones (excluding diaryl/α,β-unsaturated/α-hetero) is 2. The second kappa shape index (κ2) is 14.7. The summed E-state index contributed by atoms with van der Waals surface area (Å²) in [7, 11) is 1.50. The fourth-order valence-electron chi connectivity index (χ4n) is 9.42. The molecule has 0 spiro atoms. The van der Waals surface area contributed by atoms with Crippen molar-refractivity contribution < 1.29 is 42.6 Å². The van der Waals surface area contributed by atoms with Gasteiger partial charge in [0, 0.05) is 55.0 Å². The Morgan fingerprint density at radius 2 is 1.81 bits per heavy atom. The Bertz CT molecular complexity index is 1790. The van der Waals surface area contributed by atoms with Crippen LogP contribution in [0.4, 0.5) is 5.69 Å². The molecule has 5 aliphatic rings. The summed E-state index contributed by atoms with van der Waals surface area (Å²) in [5, 5.41) is 3.17. The largest absolute Gasteiger partial charge is 0.460 e. The van der Waals surface area contributed by atoms with Crippen molar-refractivity contribution >= 4 is 35.1 Å². The number of hydrogen-bond acceptors (Lipinski definition) is 10. The molecule has 0 bridgehead atoms. The lowest BCUT2D eigenvalue weighted by Crippen LogP contribution is -2.57. The van der Waals surface area contributed by atoms with E-state index in [0.717, 1.165) is 42.7 Å². The van der Waals surface area contributed by atoms with E-state index in [1.54, 1.807) is 0 Å². The van der Waals surface area contributed by atoms with Crippen molar-refractivity contribution in [2.24, 2.45) is 11.3 Å². The van der Waals surface area contributed by atoms with Gasteiger partial charge < -0.3 is 23.9 Å². The second-order valence-corrected chi connectivity index (χ2v) is 15.5. The standard InChI is InChI=1S/C23H24O8.C18H28N2O/c1-10(24)30-13-7-22(2)12(5-6-14(22)25)16-18(13)23(3)15(9-28-4)31-21(27)11-8-29-20(17(11)23)19(16)26;1-4-5-12-20-13-7-6-11-16(20)18(21)19-17-14(2)9-8-10-15(17)3/h8,12-13,15H,5-7,9H2,1-4H3;8-10,16H,4-7,11-13H2,1-3H3,(H,19,21)/t12-,13+,15+,22-,23-;16-/m00/s1. The Balaban J connectivity index is 0.000000194. The predicted molar refractivity (Wildman–Crippen MR) is 193 cm³/mol. The number of ether oxygens (including phenoxy) is 3. The van der Waals surface area contributed by atoms with E-state index in [-0.39, 0.29) is 53.8 Å². The number of hydrogen-bond donors (Lipinski definition) is 1. The van der Waals surface area contributed by atoms with Crippen LogP contribution in [0.1, 0.15) is 117 Å². The summed E-state index contributed by atoms with van der Waals surface area (Å²) in [4.78, 5) is 66.3. The van der Waals surface area contributed by atoms with E-state index in [0.29, 0.717) is 29.6 Å². The number of cyclic esters (lactones) is 1. The number of fused-ring (bicyclic) bond motifs is 3. The van der Waals surface area contributed by atoms with Crippen molar-refractivity contribution in [2.75, 3.05) is 32.1 Å². The van der Waals surface area contributed by atoms with Crippen LogP contribution in [-0.4, -0.2) is 79.4 Å². The average molecular weight is 717 g/mol. The highest BCUT2D eigenvalue weighted by Gasteiger charge is 2.64. The molecule has 3 heterocycles. The van der Waals surface area contributed by atoms with Crippen molar-refractivity contribution in [2.45, 2.75) is 117 Å². The highest BCUT2D eigenvalue weighted by molar-refractivity contribution is 6.14. The Labute approximate surface area is 305 Å². The summed E-state index contributed by atoms with van der Waals surface area (Å²) in [5.74, 6) is -1.41. The third-order valence-corrected chi connectivity index (χ3v) is 12.1. The lowest BCUT2D eigenvalue weighted by atomic mass is 9.54. The highest BCUT2D eigenvalue weighted by atomic mass is 16.6. The number of para-hydroxylation sites is 1. The number of nitrogens with one attached hydrogen (secondary N) is 1. The van der Waals surface area contributed by atoms with E-state index in [2.05, 4.69) is 43.1 Å². The molecule has 0 radical (unpaired) electrons. The van der Waals surface area contributed by atoms with Gasteiger partial charge in [0.25, 0.3) is 0 Å². The number of anilines is 1. The zero-order chi connectivity index (χ0) is 37.5. The van der Waals surface area contributed by atoms with Crippen molar-refractivity contribution in [3.05, 3.63) is 63.6 Å². The summed E-state index contributed by atoms with van der Waals surface area (Å²) in [6.45, 7) is 13.5. The summed E-state index contributed by atoms with van der Waals surface area (Å²) in [5.41, 5.74) is 3.19. The van der Waals surface area contributed by atoms with E-state index in [4.69, 9.17) is 18.6 Å². The summed E-state index contributed by atoms with van der Waals surface area (Å²) in [6.07, 6.45) is 6.63. The summed E-state index contributed by atoms with van der Waals surface area (Å²) in [6, 6.07) is 6.19. The fourth-order valence-corrected chi connectivity index (χ4v) is 9.42. The molecule has 2 aromatic rings. The Kier molecular flexibility index (Phi) is 10.7. The minimum Gasteiger partial charge on any atom is -0.460 e. The molecular weight excluding hydrogens is 664 g/mol. The second-order valence-electron chi connectivity index (χ2n) is 15.5. The number of methoxy groups -OCH3 is 1. The lowest BCUT2D eigenvalue weighted by molar-refractivity contribution is -0.149. The number of aryl methyl sites for hydroxylation is 2. The number of allylic oxidation sites excluding steroid dienone is 1. The number of ketones is 2. The number of esters is 2. The Morgan fingerprint density at radius 3 is 2.48 bits per heavy atom. The van der Waals surface area contributed by atoms with Crippen LogP contribution in [0.3, 0.4) is 0 Å². The molecule has 1 saturated heterocycles. The molecule has 280 valence electrons. The molecule has 52 heavy (non-hydrogen) atoms. The van der Waals surface area contributed by atoms with Crippen molar-refractivity contribution in [3.63, 3.8) is 0 Å². The average Bonchev–Trinajstić information content (AvgIpc) is 3.69. The van der Waals surface area contributed by atoms with Crippen molar-refractivity contribution in [3.8, 4) is 0 Å². The molecule has 1 N–H and O–H groups in total. The Hall–Kier alpha value is -4.09. The number of nitrogens with zero attached hydrogens (tertiary/aromatic N) is 1. The number of unbranched alkanes of at least 4 members (excludes halogenated alkanes) is 1. The van der Waals surface area contributed by atoms with Gasteiger partial charge >= 0.3 is 11.9 Å². The van der Waals surface area contributed by atoms with Crippen LogP contribution in [0.5, 0.6) is 0 Å². The lowest BCUT2D eigenvalue weighted by Gasteiger charge is -2.51. The first-order valence-electron chi connectivity index (χ1n) is 18.7. The van der Waals surface area contributed by atoms with Crippen molar-refractivity contribution in [1.29, 1.82) is 0 Å². The molecular formula is C41H52N2O9. The molecule has 3 aliphatic carbocycles. The minimum absolute atomic E-state index is 0.0457. The number of benzene rings is 1. The molecule has 11 nitrogen and oxygen atoms in total. The maximum Gasteiger partial charge on any atom is 0.342 e. The molecule has 11 heteroatoms. The first-order chi connectivity index (χ1) is 24.8. The highest BCUT2D eigenvalue weighted by Crippen LogP contribution is 2.61. The number of carbonyl (C=O) groups excluding carboxylic acids is 5. The van der Waals surface area contributed by atoms with Crippen LogP contribution >= 0.6 is 0 Å². The van der Waals surface area contributed by atoms with Gasteiger partial charge in [-0.15, -0.1) is 0 Å². The molecule has 1 amide bonds. The third kappa shape index (κ3) is 6.33. The predicted octanol–water partition coefficient (Wildman–Crippen LogP) is 6.43. The van der Waals surface area contributed by atoms with Gasteiger partial charge in [-0.25, -0.2) is 4.79 Å². The fraction of sp³-hybridized carbons (Fsp3) is 0.585. The minimum atomic E-state index is -0.988. The van der Waals surface area contributed by atoms with E-state index in [9.17, 15) is 24.0 Å². The molecule has 1 saturated carbocycles. The van der Waals surface area contributed by atoms with Crippen LogP contribution in [0, 0.1) is 25.2 Å². The monoisotopic (exact) mass is 716 g/mol. The van der Waals surface area contributed by atoms with Gasteiger partial charge in [-0.05, 0) is 76.2 Å². The molecule has 7 rings (SSSR count). The molecule has 6 atom stereocenters. The molecule has 1 aromatic heterocycles. The summed E-state index contributed by atoms with van der Waals surface area (Å²) < 4.78 is 22.4. The number of furan rings is 1. The van der Waals surface area contributed by atoms with Crippen LogP contribution in [-0.2, 0) is 34.0 Å².